The SMILES string of the molecule is O=C(O)COc1c2cc(-c3ccccc3)cc1Cc1cc(S(=O)(=O)O)cc(c1O)Cc1cc(-c3ccccc3)cc(c1O)Cc1cc(S(=O)(=O)O)cc(c1O)C2. The lowest BCUT2D eigenvalue weighted by Gasteiger charge is -2.21. The van der Waals surface area contributed by atoms with E-state index in [9.17, 15) is 51.2 Å². The predicted octanol–water partition coefficient (Wildman–Crippen LogP) is 6.77. The number of aromatic hydroxyl groups is 3. The molecule has 0 atom stereocenters. The fraction of sp³-hybridized carbons (Fsp3) is 0.119. The van der Waals surface area contributed by atoms with Gasteiger partial charge in [0.2, 0.25) is 0 Å². The van der Waals surface area contributed by atoms with E-state index in [1.54, 1.807) is 66.7 Å². The van der Waals surface area contributed by atoms with Crippen molar-refractivity contribution in [2.75, 3.05) is 6.61 Å². The zero-order chi connectivity index (χ0) is 39.9. The molecule has 0 spiro atoms. The van der Waals surface area contributed by atoms with Crippen LogP contribution >= 0.6 is 0 Å². The number of fused-ring (bicyclic) bond motifs is 8. The third-order valence-corrected chi connectivity index (χ3v) is 11.3. The number of rotatable bonds is 7. The van der Waals surface area contributed by atoms with Crippen LogP contribution in [0.4, 0.5) is 0 Å². The third-order valence-electron chi connectivity index (χ3n) is 9.67. The van der Waals surface area contributed by atoms with E-state index >= 15 is 0 Å². The molecule has 6 N–H and O–H groups in total. The Kier molecular flexibility index (Phi) is 10.1. The van der Waals surface area contributed by atoms with Crippen LogP contribution in [0.3, 0.4) is 0 Å². The second-order valence-electron chi connectivity index (χ2n) is 13.5. The highest BCUT2D eigenvalue weighted by molar-refractivity contribution is 7.86. The average Bonchev–Trinajstić information content (AvgIpc) is 3.15. The minimum Gasteiger partial charge on any atom is -0.507 e. The van der Waals surface area contributed by atoms with Crippen molar-refractivity contribution in [1.29, 1.82) is 0 Å². The van der Waals surface area contributed by atoms with Crippen LogP contribution in [0.25, 0.3) is 22.3 Å². The second kappa shape index (κ2) is 14.8. The van der Waals surface area contributed by atoms with E-state index in [1.165, 1.54) is 0 Å². The molecule has 8 bridgehead atoms. The number of benzene rings is 6. The van der Waals surface area contributed by atoms with Crippen LogP contribution in [-0.2, 0) is 50.7 Å². The first kappa shape index (κ1) is 38.1. The van der Waals surface area contributed by atoms with Crippen molar-refractivity contribution in [3.63, 3.8) is 0 Å². The Bertz CT molecular complexity index is 2610. The molecule has 6 aromatic carbocycles. The van der Waals surface area contributed by atoms with Gasteiger partial charge in [0.25, 0.3) is 20.2 Å². The zero-order valence-corrected chi connectivity index (χ0v) is 31.0. The molecule has 1 aliphatic carbocycles. The maximum atomic E-state index is 12.7. The van der Waals surface area contributed by atoms with Gasteiger partial charge in [0, 0.05) is 47.9 Å². The number of ether oxygens (including phenoxy) is 1. The largest absolute Gasteiger partial charge is 0.507 e. The van der Waals surface area contributed by atoms with Gasteiger partial charge in [-0.1, -0.05) is 60.7 Å². The van der Waals surface area contributed by atoms with E-state index in [1.807, 2.05) is 18.2 Å². The summed E-state index contributed by atoms with van der Waals surface area (Å²) in [6, 6.07) is 29.0. The molecule has 0 radical (unpaired) electrons. The molecule has 6 aromatic rings. The molecule has 0 amide bonds. The smallest absolute Gasteiger partial charge is 0.341 e. The molecule has 0 heterocycles. The van der Waals surface area contributed by atoms with Crippen molar-refractivity contribution < 1.29 is 55.9 Å². The van der Waals surface area contributed by atoms with Crippen LogP contribution in [0.5, 0.6) is 23.0 Å². The van der Waals surface area contributed by atoms with Crippen molar-refractivity contribution in [3.05, 3.63) is 154 Å². The third kappa shape index (κ3) is 7.95. The molecule has 0 saturated carbocycles. The second-order valence-corrected chi connectivity index (χ2v) is 16.4. The first-order valence-electron chi connectivity index (χ1n) is 17.2. The van der Waals surface area contributed by atoms with E-state index in [0.29, 0.717) is 16.7 Å². The summed E-state index contributed by atoms with van der Waals surface area (Å²) in [5.41, 5.74) is 3.60. The van der Waals surface area contributed by atoms with Crippen LogP contribution in [0.15, 0.2) is 119 Å². The lowest BCUT2D eigenvalue weighted by molar-refractivity contribution is -0.139. The number of aliphatic carboxylic acids is 1. The predicted molar refractivity (Wildman–Crippen MR) is 206 cm³/mol. The first-order valence-corrected chi connectivity index (χ1v) is 20.0. The maximum absolute atomic E-state index is 12.7. The molecule has 0 fully saturated rings. The van der Waals surface area contributed by atoms with Gasteiger partial charge in [0.05, 0.1) is 9.79 Å². The van der Waals surface area contributed by atoms with Gasteiger partial charge in [-0.3, -0.25) is 9.11 Å². The van der Waals surface area contributed by atoms with Gasteiger partial charge in [-0.2, -0.15) is 16.8 Å². The lowest BCUT2D eigenvalue weighted by atomic mass is 9.88. The average molecular weight is 795 g/mol. The standard InChI is InChI=1S/C42H34O12S2/c43-38(44)23-54-42-34-13-27(25-9-5-2-6-10-25)14-35(42)18-33-22-37(56(51,52)53)20-31(41(33)47)16-29-12-26(24-7-3-1-4-8-24)11-28(39(29)45)15-30-19-36(55(48,49)50)21-32(17-34)40(30)46/h1-14,19-22,45-47H,15-18,23H2,(H,43,44)(H,48,49,50)(H,51,52,53). The van der Waals surface area contributed by atoms with Gasteiger partial charge in [0.15, 0.2) is 6.61 Å². The Balaban J connectivity index is 1.57. The van der Waals surface area contributed by atoms with Crippen LogP contribution in [0, 0.1) is 0 Å². The van der Waals surface area contributed by atoms with E-state index in [2.05, 4.69) is 0 Å². The summed E-state index contributed by atoms with van der Waals surface area (Å²) in [5, 5.41) is 45.0. The summed E-state index contributed by atoms with van der Waals surface area (Å²) in [5.74, 6) is -2.34. The summed E-state index contributed by atoms with van der Waals surface area (Å²) >= 11 is 0. The van der Waals surface area contributed by atoms with Gasteiger partial charge in [-0.05, 0) is 93.0 Å². The molecular formula is C42H34O12S2. The minimum atomic E-state index is -4.85. The van der Waals surface area contributed by atoms with Crippen molar-refractivity contribution in [1.82, 2.24) is 0 Å². The molecule has 1 aliphatic rings. The topological polar surface area (TPSA) is 216 Å². The molecule has 0 aromatic heterocycles. The molecule has 0 aliphatic heterocycles. The van der Waals surface area contributed by atoms with E-state index in [-0.39, 0.29) is 93.2 Å². The van der Waals surface area contributed by atoms with Crippen molar-refractivity contribution >= 4 is 26.2 Å². The van der Waals surface area contributed by atoms with Gasteiger partial charge in [0.1, 0.15) is 23.0 Å². The number of phenolic OH excluding ortho intramolecular Hbond substituents is 3. The van der Waals surface area contributed by atoms with Gasteiger partial charge < -0.3 is 25.2 Å². The Morgan fingerprint density at radius 3 is 1.11 bits per heavy atom. The Labute approximate surface area is 322 Å². The highest BCUT2D eigenvalue weighted by atomic mass is 32.2. The van der Waals surface area contributed by atoms with Crippen LogP contribution in [0.1, 0.15) is 44.5 Å². The Morgan fingerprint density at radius 1 is 0.482 bits per heavy atom. The monoisotopic (exact) mass is 794 g/mol. The molecular weight excluding hydrogens is 761 g/mol. The summed E-state index contributed by atoms with van der Waals surface area (Å²) in [4.78, 5) is 10.8. The number of hydrogen-bond donors (Lipinski definition) is 6. The maximum Gasteiger partial charge on any atom is 0.341 e. The molecule has 14 heteroatoms. The van der Waals surface area contributed by atoms with Crippen molar-refractivity contribution in [2.45, 2.75) is 35.5 Å². The lowest BCUT2D eigenvalue weighted by Crippen LogP contribution is -2.13. The first-order chi connectivity index (χ1) is 26.5. The van der Waals surface area contributed by atoms with E-state index in [4.69, 9.17) is 4.74 Å². The summed E-state index contributed by atoms with van der Waals surface area (Å²) in [6.07, 6.45) is -1.06. The molecule has 12 nitrogen and oxygen atoms in total. The normalized spacial score (nSPS) is 12.9. The van der Waals surface area contributed by atoms with Crippen LogP contribution < -0.4 is 4.74 Å². The fourth-order valence-electron chi connectivity index (χ4n) is 7.07. The van der Waals surface area contributed by atoms with Crippen molar-refractivity contribution in [2.24, 2.45) is 0 Å². The van der Waals surface area contributed by atoms with E-state index in [0.717, 1.165) is 29.8 Å². The van der Waals surface area contributed by atoms with E-state index < -0.39 is 42.6 Å². The number of carboxylic acids is 1. The molecule has 0 saturated heterocycles. The molecule has 56 heavy (non-hydrogen) atoms. The molecule has 0 unspecified atom stereocenters. The Hall–Kier alpha value is -6.19. The fourth-order valence-corrected chi connectivity index (χ4v) is 8.24. The summed E-state index contributed by atoms with van der Waals surface area (Å²) in [6.45, 7) is -0.826. The van der Waals surface area contributed by atoms with Crippen molar-refractivity contribution in [3.8, 4) is 45.3 Å². The highest BCUT2D eigenvalue weighted by Gasteiger charge is 2.26. The molecule has 7 rings (SSSR count). The van der Waals surface area contributed by atoms with Crippen LogP contribution in [-0.4, -0.2) is 58.9 Å². The van der Waals surface area contributed by atoms with Gasteiger partial charge in [-0.15, -0.1) is 0 Å². The Morgan fingerprint density at radius 2 is 0.786 bits per heavy atom. The number of carbonyl (C=O) groups is 1. The molecule has 286 valence electrons. The highest BCUT2D eigenvalue weighted by Crippen LogP contribution is 2.42. The number of hydrogen-bond acceptors (Lipinski definition) is 9. The zero-order valence-electron chi connectivity index (χ0n) is 29.4. The summed E-state index contributed by atoms with van der Waals surface area (Å²) < 4.78 is 77.0. The quantitative estimate of drug-likeness (QED) is 0.0922. The number of carboxylic acid groups (broad SMARTS) is 1. The van der Waals surface area contributed by atoms with Crippen LogP contribution in [0.2, 0.25) is 0 Å². The number of phenols is 3. The summed E-state index contributed by atoms with van der Waals surface area (Å²) in [7, 11) is -9.69. The van der Waals surface area contributed by atoms with Gasteiger partial charge >= 0.3 is 5.97 Å². The minimum absolute atomic E-state index is 0.00837. The van der Waals surface area contributed by atoms with Gasteiger partial charge in [-0.25, -0.2) is 4.79 Å².